The molecule has 0 spiro atoms. The number of unbranched alkanes of at least 4 members (excludes halogenated alkanes) is 27. The lowest BCUT2D eigenvalue weighted by atomic mass is 10.0. The predicted molar refractivity (Wildman–Crippen MR) is 220 cm³/mol. The molecule has 0 amide bonds. The Kier molecular flexibility index (Phi) is 36.0. The molecular formula is C43H87NO8P+. The van der Waals surface area contributed by atoms with E-state index in [1.54, 1.807) is 0 Å². The zero-order chi connectivity index (χ0) is 39.3. The number of likely N-dealkylation sites (N-methyl/N-ethyl adjacent to an activating group) is 1. The second-order valence-corrected chi connectivity index (χ2v) is 17.9. The van der Waals surface area contributed by atoms with Crippen LogP contribution in [0.25, 0.3) is 0 Å². The maximum Gasteiger partial charge on any atom is 0.472 e. The standard InChI is InChI=1S/C43H86NO8P/c1-6-8-10-12-14-16-17-18-19-20-21-22-23-24-25-26-27-28-30-32-34-36-43(46)52-41(40-51-53(47,48)50-38-37-44(3,4)5)39-49-42(45)35-33-31-29-15-13-11-9-7-2/h41H,6-40H2,1-5H3/p+1/t41-/m1/s1. The van der Waals surface area contributed by atoms with Crippen LogP contribution in [0.3, 0.4) is 0 Å². The van der Waals surface area contributed by atoms with Crippen molar-refractivity contribution < 1.29 is 42.1 Å². The van der Waals surface area contributed by atoms with Crippen molar-refractivity contribution in [2.24, 2.45) is 0 Å². The molecule has 0 aromatic rings. The minimum Gasteiger partial charge on any atom is -0.462 e. The van der Waals surface area contributed by atoms with Gasteiger partial charge < -0.3 is 18.9 Å². The summed E-state index contributed by atoms with van der Waals surface area (Å²) in [6, 6.07) is 0. The van der Waals surface area contributed by atoms with Crippen molar-refractivity contribution in [2.45, 2.75) is 219 Å². The van der Waals surface area contributed by atoms with E-state index in [-0.39, 0.29) is 25.6 Å². The summed E-state index contributed by atoms with van der Waals surface area (Å²) in [4.78, 5) is 35.2. The van der Waals surface area contributed by atoms with Gasteiger partial charge in [0.25, 0.3) is 0 Å². The Bertz CT molecular complexity index is 881. The molecule has 0 aliphatic rings. The summed E-state index contributed by atoms with van der Waals surface area (Å²) in [6.07, 6.45) is 35.9. The second kappa shape index (κ2) is 36.6. The van der Waals surface area contributed by atoms with E-state index in [9.17, 15) is 19.0 Å². The topological polar surface area (TPSA) is 108 Å². The molecule has 0 aromatic carbocycles. The predicted octanol–water partition coefficient (Wildman–Crippen LogP) is 12.4. The van der Waals surface area contributed by atoms with Gasteiger partial charge in [0, 0.05) is 12.8 Å². The van der Waals surface area contributed by atoms with Crippen molar-refractivity contribution in [3.63, 3.8) is 0 Å². The molecule has 0 saturated carbocycles. The van der Waals surface area contributed by atoms with Gasteiger partial charge in [0.15, 0.2) is 6.10 Å². The van der Waals surface area contributed by atoms with Crippen LogP contribution in [0.2, 0.25) is 0 Å². The molecule has 0 saturated heterocycles. The number of carbonyl (C=O) groups excluding carboxylic acids is 2. The first-order valence-electron chi connectivity index (χ1n) is 22.3. The van der Waals surface area contributed by atoms with Crippen LogP contribution in [0.5, 0.6) is 0 Å². The molecule has 0 bridgehead atoms. The lowest BCUT2D eigenvalue weighted by Crippen LogP contribution is -2.37. The van der Waals surface area contributed by atoms with Crippen LogP contribution in [0, 0.1) is 0 Å². The highest BCUT2D eigenvalue weighted by Crippen LogP contribution is 2.43. The summed E-state index contributed by atoms with van der Waals surface area (Å²) in [5.41, 5.74) is 0. The molecule has 0 heterocycles. The third-order valence-corrected chi connectivity index (χ3v) is 10.9. The summed E-state index contributed by atoms with van der Waals surface area (Å²) < 4.78 is 34.2. The SMILES string of the molecule is CCCCCCCCCCCCCCCCCCCCCCCC(=O)O[C@H](COC(=O)CCCCCCCCCC)COP(=O)(O)OCC[N+](C)(C)C. The molecule has 0 fully saturated rings. The van der Waals surface area contributed by atoms with Crippen LogP contribution in [-0.4, -0.2) is 74.9 Å². The first-order chi connectivity index (χ1) is 25.5. The minimum atomic E-state index is -4.36. The molecule has 0 rings (SSSR count). The van der Waals surface area contributed by atoms with Crippen molar-refractivity contribution >= 4 is 19.8 Å². The lowest BCUT2D eigenvalue weighted by molar-refractivity contribution is -0.870. The minimum absolute atomic E-state index is 0.0365. The molecule has 0 aliphatic carbocycles. The van der Waals surface area contributed by atoms with Crippen molar-refractivity contribution in [1.82, 2.24) is 0 Å². The molecule has 0 radical (unpaired) electrons. The van der Waals surface area contributed by atoms with Crippen LogP contribution in [0.15, 0.2) is 0 Å². The van der Waals surface area contributed by atoms with Crippen LogP contribution in [0.4, 0.5) is 0 Å². The average molecular weight is 777 g/mol. The quantitative estimate of drug-likeness (QED) is 0.0283. The van der Waals surface area contributed by atoms with Gasteiger partial charge in [-0.3, -0.25) is 18.6 Å². The van der Waals surface area contributed by atoms with Gasteiger partial charge in [-0.25, -0.2) is 4.57 Å². The smallest absolute Gasteiger partial charge is 0.462 e. The van der Waals surface area contributed by atoms with Crippen molar-refractivity contribution in [3.8, 4) is 0 Å². The van der Waals surface area contributed by atoms with Gasteiger partial charge in [-0.1, -0.05) is 187 Å². The van der Waals surface area contributed by atoms with Crippen molar-refractivity contribution in [1.29, 1.82) is 0 Å². The highest BCUT2D eigenvalue weighted by atomic mass is 31.2. The molecule has 2 atom stereocenters. The Morgan fingerprint density at radius 3 is 1.21 bits per heavy atom. The number of esters is 2. The fraction of sp³-hybridized carbons (Fsp3) is 0.953. The summed E-state index contributed by atoms with van der Waals surface area (Å²) in [5, 5.41) is 0. The summed E-state index contributed by atoms with van der Waals surface area (Å²) in [6.45, 7) is 4.42. The Balaban J connectivity index is 4.16. The number of carbonyl (C=O) groups is 2. The second-order valence-electron chi connectivity index (χ2n) is 16.5. The number of rotatable bonds is 41. The number of quaternary nitrogens is 1. The van der Waals surface area contributed by atoms with E-state index >= 15 is 0 Å². The fourth-order valence-electron chi connectivity index (χ4n) is 6.37. The van der Waals surface area contributed by atoms with E-state index < -0.39 is 26.5 Å². The van der Waals surface area contributed by atoms with E-state index in [1.165, 1.54) is 148 Å². The molecule has 1 unspecified atom stereocenters. The first kappa shape index (κ1) is 52.0. The molecule has 316 valence electrons. The highest BCUT2D eigenvalue weighted by molar-refractivity contribution is 7.47. The Morgan fingerprint density at radius 2 is 0.849 bits per heavy atom. The molecule has 1 N–H and O–H groups in total. The van der Waals surface area contributed by atoms with E-state index in [2.05, 4.69) is 13.8 Å². The number of phosphoric acid groups is 1. The summed E-state index contributed by atoms with van der Waals surface area (Å²) in [5.74, 6) is -0.790. The van der Waals surface area contributed by atoms with E-state index in [4.69, 9.17) is 18.5 Å². The number of nitrogens with zero attached hydrogens (tertiary/aromatic N) is 1. The largest absolute Gasteiger partial charge is 0.472 e. The summed E-state index contributed by atoms with van der Waals surface area (Å²) >= 11 is 0. The van der Waals surface area contributed by atoms with E-state index in [0.717, 1.165) is 38.5 Å². The highest BCUT2D eigenvalue weighted by Gasteiger charge is 2.27. The molecule has 53 heavy (non-hydrogen) atoms. The van der Waals surface area contributed by atoms with Crippen LogP contribution in [-0.2, 0) is 32.7 Å². The number of hydrogen-bond acceptors (Lipinski definition) is 7. The third kappa shape index (κ3) is 40.5. The van der Waals surface area contributed by atoms with Gasteiger partial charge in [0.2, 0.25) is 0 Å². The Labute approximate surface area is 327 Å². The summed E-state index contributed by atoms with van der Waals surface area (Å²) in [7, 11) is 1.49. The monoisotopic (exact) mass is 777 g/mol. The van der Waals surface area contributed by atoms with Gasteiger partial charge in [-0.05, 0) is 12.8 Å². The zero-order valence-corrected chi connectivity index (χ0v) is 36.4. The number of phosphoric ester groups is 1. The van der Waals surface area contributed by atoms with Gasteiger partial charge in [-0.2, -0.15) is 0 Å². The third-order valence-electron chi connectivity index (χ3n) is 9.89. The fourth-order valence-corrected chi connectivity index (χ4v) is 7.11. The van der Waals surface area contributed by atoms with Gasteiger partial charge >= 0.3 is 19.8 Å². The van der Waals surface area contributed by atoms with Crippen molar-refractivity contribution in [3.05, 3.63) is 0 Å². The Morgan fingerprint density at radius 1 is 0.509 bits per heavy atom. The number of hydrogen-bond donors (Lipinski definition) is 1. The maximum absolute atomic E-state index is 12.7. The van der Waals surface area contributed by atoms with E-state index in [1.807, 2.05) is 21.1 Å². The van der Waals surface area contributed by atoms with E-state index in [0.29, 0.717) is 17.4 Å². The zero-order valence-electron chi connectivity index (χ0n) is 35.5. The maximum atomic E-state index is 12.7. The van der Waals surface area contributed by atoms with Crippen LogP contribution in [0.1, 0.15) is 213 Å². The van der Waals surface area contributed by atoms with Gasteiger partial charge in [0.1, 0.15) is 19.8 Å². The molecule has 0 aromatic heterocycles. The average Bonchev–Trinajstić information content (AvgIpc) is 3.10. The molecule has 0 aliphatic heterocycles. The number of ether oxygens (including phenoxy) is 2. The first-order valence-corrected chi connectivity index (χ1v) is 23.8. The van der Waals surface area contributed by atoms with Gasteiger partial charge in [-0.15, -0.1) is 0 Å². The van der Waals surface area contributed by atoms with Crippen LogP contribution >= 0.6 is 7.82 Å². The lowest BCUT2D eigenvalue weighted by Gasteiger charge is -2.24. The molecular weight excluding hydrogens is 689 g/mol. The van der Waals surface area contributed by atoms with Crippen LogP contribution < -0.4 is 0 Å². The molecule has 9 nitrogen and oxygen atoms in total. The normalized spacial score (nSPS) is 13.5. The van der Waals surface area contributed by atoms with Crippen molar-refractivity contribution in [2.75, 3.05) is 47.5 Å². The van der Waals surface area contributed by atoms with Gasteiger partial charge in [0.05, 0.1) is 27.7 Å². The molecule has 10 heteroatoms. The Hall–Kier alpha value is -0.990.